The summed E-state index contributed by atoms with van der Waals surface area (Å²) in [4.78, 5) is 14.7. The number of ether oxygens (including phenoxy) is 2. The normalized spacial score (nSPS) is 15.4. The third-order valence-electron chi connectivity index (χ3n) is 5.43. The molecule has 6 nitrogen and oxygen atoms in total. The van der Waals surface area contributed by atoms with E-state index in [-0.39, 0.29) is 5.78 Å². The van der Waals surface area contributed by atoms with Gasteiger partial charge >= 0.3 is 0 Å². The van der Waals surface area contributed by atoms with Crippen LogP contribution in [0.15, 0.2) is 71.8 Å². The number of aryl methyl sites for hydroxylation is 1. The molecule has 3 aromatic carbocycles. The first-order chi connectivity index (χ1) is 15.9. The first kappa shape index (κ1) is 22.7. The zero-order valence-corrected chi connectivity index (χ0v) is 19.8. The Hall–Kier alpha value is -3.51. The van der Waals surface area contributed by atoms with Gasteiger partial charge in [-0.15, -0.1) is 5.10 Å². The number of carbonyl (C=O) groups excluding carboxylic acids is 1. The third-order valence-corrected chi connectivity index (χ3v) is 5.73. The van der Waals surface area contributed by atoms with E-state index in [0.717, 1.165) is 28.3 Å². The Bertz CT molecular complexity index is 1190. The number of benzene rings is 3. The predicted molar refractivity (Wildman–Crippen MR) is 133 cm³/mol. The number of Topliss-reactive ketones (excluding diaryl/α,β-unsaturated/α-hetero) is 1. The Balaban J connectivity index is 1.93. The molecule has 0 aliphatic carbocycles. The van der Waals surface area contributed by atoms with Gasteiger partial charge in [-0.2, -0.15) is 0 Å². The predicted octanol–water partition coefficient (Wildman–Crippen LogP) is 5.98. The summed E-state index contributed by atoms with van der Waals surface area (Å²) >= 11 is 6.47. The number of hydrazone groups is 1. The van der Waals surface area contributed by atoms with Crippen molar-refractivity contribution < 1.29 is 14.3 Å². The summed E-state index contributed by atoms with van der Waals surface area (Å²) < 4.78 is 11.3. The molecule has 1 heterocycles. The van der Waals surface area contributed by atoms with E-state index in [9.17, 15) is 4.79 Å². The smallest absolute Gasteiger partial charge is 0.198 e. The minimum absolute atomic E-state index is 0.157. The molecule has 1 aliphatic rings. The highest BCUT2D eigenvalue weighted by Crippen LogP contribution is 2.43. The topological polar surface area (TPSA) is 54.4 Å². The molecule has 0 aromatic heterocycles. The summed E-state index contributed by atoms with van der Waals surface area (Å²) in [5.74, 6) is 1.44. The molecule has 4 rings (SSSR count). The molecular formula is C26H26ClN3O3. The van der Waals surface area contributed by atoms with E-state index in [1.165, 1.54) is 6.92 Å². The Morgan fingerprint density at radius 3 is 2.36 bits per heavy atom. The van der Waals surface area contributed by atoms with Gasteiger partial charge < -0.3 is 9.47 Å². The zero-order chi connectivity index (χ0) is 23.5. The molecule has 33 heavy (non-hydrogen) atoms. The molecule has 0 spiro atoms. The molecule has 0 N–H and O–H groups in total. The molecule has 1 atom stereocenters. The van der Waals surface area contributed by atoms with Gasteiger partial charge in [-0.05, 0) is 50.2 Å². The molecule has 0 saturated carbocycles. The van der Waals surface area contributed by atoms with Gasteiger partial charge in [-0.25, -0.2) is 5.01 Å². The van der Waals surface area contributed by atoms with Crippen LogP contribution in [0.1, 0.15) is 31.1 Å². The van der Waals surface area contributed by atoms with Gasteiger partial charge in [0.2, 0.25) is 0 Å². The van der Waals surface area contributed by atoms with Gasteiger partial charge in [-0.3, -0.25) is 9.69 Å². The van der Waals surface area contributed by atoms with Crippen LogP contribution in [0.2, 0.25) is 5.02 Å². The maximum Gasteiger partial charge on any atom is 0.198 e. The quantitative estimate of drug-likeness (QED) is 0.431. The molecule has 3 aromatic rings. The van der Waals surface area contributed by atoms with Crippen molar-refractivity contribution in [3.05, 3.63) is 82.9 Å². The van der Waals surface area contributed by atoms with Crippen LogP contribution in [0.25, 0.3) is 0 Å². The number of methoxy groups -OCH3 is 1. The number of nitrogens with zero attached hydrogens (tertiary/aromatic N) is 3. The van der Waals surface area contributed by atoms with Gasteiger partial charge in [0.25, 0.3) is 0 Å². The van der Waals surface area contributed by atoms with Crippen molar-refractivity contribution in [2.24, 2.45) is 5.10 Å². The van der Waals surface area contributed by atoms with Crippen molar-refractivity contribution in [1.29, 1.82) is 0 Å². The number of ketones is 1. The van der Waals surface area contributed by atoms with Crippen molar-refractivity contribution in [3.63, 3.8) is 0 Å². The van der Waals surface area contributed by atoms with Crippen molar-refractivity contribution in [1.82, 2.24) is 0 Å². The fourth-order valence-corrected chi connectivity index (χ4v) is 4.14. The first-order valence-corrected chi connectivity index (χ1v) is 11.1. The molecule has 7 heteroatoms. The number of hydrogen-bond acceptors (Lipinski definition) is 6. The Kier molecular flexibility index (Phi) is 6.56. The lowest BCUT2D eigenvalue weighted by atomic mass is 10.1. The van der Waals surface area contributed by atoms with Crippen molar-refractivity contribution in [2.45, 2.75) is 26.9 Å². The highest BCUT2D eigenvalue weighted by atomic mass is 35.5. The lowest BCUT2D eigenvalue weighted by Gasteiger charge is -2.33. The fraction of sp³-hybridized carbons (Fsp3) is 0.231. The van der Waals surface area contributed by atoms with E-state index in [1.807, 2.05) is 78.4 Å². The number of halogens is 1. The molecule has 0 fully saturated rings. The Labute approximate surface area is 199 Å². The summed E-state index contributed by atoms with van der Waals surface area (Å²) in [6.07, 6.45) is -0.459. The number of amidine groups is 1. The van der Waals surface area contributed by atoms with E-state index in [2.05, 4.69) is 0 Å². The number of rotatable bonds is 7. The average Bonchev–Trinajstić information content (AvgIpc) is 3.21. The number of hydrogen-bond donors (Lipinski definition) is 0. The highest BCUT2D eigenvalue weighted by Gasteiger charge is 2.40. The maximum absolute atomic E-state index is 12.8. The second kappa shape index (κ2) is 9.55. The fourth-order valence-electron chi connectivity index (χ4n) is 3.89. The van der Waals surface area contributed by atoms with E-state index >= 15 is 0 Å². The maximum atomic E-state index is 12.8. The average molecular weight is 464 g/mol. The largest absolute Gasteiger partial charge is 0.495 e. The summed E-state index contributed by atoms with van der Waals surface area (Å²) in [7, 11) is 1.57. The van der Waals surface area contributed by atoms with Crippen LogP contribution in [-0.4, -0.2) is 25.3 Å². The van der Waals surface area contributed by atoms with Crippen molar-refractivity contribution in [2.75, 3.05) is 23.6 Å². The van der Waals surface area contributed by atoms with Gasteiger partial charge in [-0.1, -0.05) is 47.5 Å². The lowest BCUT2D eigenvalue weighted by molar-refractivity contribution is -0.111. The lowest BCUT2D eigenvalue weighted by Crippen LogP contribution is -2.38. The number of carbonyl (C=O) groups is 1. The van der Waals surface area contributed by atoms with Crippen LogP contribution in [0.4, 0.5) is 11.4 Å². The zero-order valence-electron chi connectivity index (χ0n) is 19.1. The summed E-state index contributed by atoms with van der Waals surface area (Å²) in [6.45, 7) is 6.01. The van der Waals surface area contributed by atoms with E-state index in [0.29, 0.717) is 23.2 Å². The van der Waals surface area contributed by atoms with Gasteiger partial charge in [0.15, 0.2) is 17.8 Å². The molecule has 0 saturated heterocycles. The molecule has 0 radical (unpaired) electrons. The van der Waals surface area contributed by atoms with Crippen LogP contribution in [0.3, 0.4) is 0 Å². The van der Waals surface area contributed by atoms with Gasteiger partial charge in [0.05, 0.1) is 24.4 Å². The van der Waals surface area contributed by atoms with Crippen LogP contribution < -0.4 is 19.4 Å². The van der Waals surface area contributed by atoms with Crippen molar-refractivity contribution >= 4 is 34.6 Å². The molecule has 0 bridgehead atoms. The number of para-hydroxylation sites is 1. The molecule has 0 amide bonds. The van der Waals surface area contributed by atoms with E-state index < -0.39 is 6.17 Å². The van der Waals surface area contributed by atoms with Crippen LogP contribution >= 0.6 is 11.6 Å². The second-order valence-corrected chi connectivity index (χ2v) is 8.10. The Morgan fingerprint density at radius 2 is 1.73 bits per heavy atom. The molecule has 170 valence electrons. The SMILES string of the molecule is CCOc1ccccc1[C@@H]1N(c2ccc(C)cc2)N=C(C(C)=O)N1c1ccc(OC)c(Cl)c1. The summed E-state index contributed by atoms with van der Waals surface area (Å²) in [5.41, 5.74) is 3.60. The van der Waals surface area contributed by atoms with Gasteiger partial charge in [0.1, 0.15) is 11.5 Å². The van der Waals surface area contributed by atoms with Crippen molar-refractivity contribution in [3.8, 4) is 11.5 Å². The third kappa shape index (κ3) is 4.39. The summed E-state index contributed by atoms with van der Waals surface area (Å²) in [6, 6.07) is 21.3. The molecular weight excluding hydrogens is 438 g/mol. The monoisotopic (exact) mass is 463 g/mol. The minimum Gasteiger partial charge on any atom is -0.495 e. The van der Waals surface area contributed by atoms with Crippen LogP contribution in [-0.2, 0) is 4.79 Å². The van der Waals surface area contributed by atoms with E-state index in [1.54, 1.807) is 19.2 Å². The van der Waals surface area contributed by atoms with E-state index in [4.69, 9.17) is 26.2 Å². The standard InChI is InChI=1S/C26H26ClN3O3/c1-5-33-23-9-7-6-8-21(23)26-29(20-14-15-24(32-4)22(27)16-20)25(18(3)31)28-30(26)19-12-10-17(2)11-13-19/h6-16,26H,5H2,1-4H3/t26-/m0/s1. The molecule has 1 aliphatic heterocycles. The number of anilines is 2. The summed E-state index contributed by atoms with van der Waals surface area (Å²) in [5, 5.41) is 7.07. The first-order valence-electron chi connectivity index (χ1n) is 10.7. The van der Waals surface area contributed by atoms with Gasteiger partial charge in [0, 0.05) is 18.2 Å². The highest BCUT2D eigenvalue weighted by molar-refractivity contribution is 6.44. The van der Waals surface area contributed by atoms with Crippen LogP contribution in [0, 0.1) is 6.92 Å². The van der Waals surface area contributed by atoms with Crippen LogP contribution in [0.5, 0.6) is 11.5 Å². The Morgan fingerprint density at radius 1 is 1.03 bits per heavy atom. The second-order valence-electron chi connectivity index (χ2n) is 7.69. The molecule has 0 unspecified atom stereocenters. The minimum atomic E-state index is -0.459.